The lowest BCUT2D eigenvalue weighted by Gasteiger charge is -2.32. The van der Waals surface area contributed by atoms with E-state index in [-0.39, 0.29) is 11.6 Å². The highest BCUT2D eigenvalue weighted by Gasteiger charge is 2.25. The van der Waals surface area contributed by atoms with E-state index in [2.05, 4.69) is 22.1 Å². The molecule has 1 atom stereocenters. The predicted octanol–water partition coefficient (Wildman–Crippen LogP) is 4.04. The van der Waals surface area contributed by atoms with Crippen molar-refractivity contribution in [3.05, 3.63) is 60.6 Å². The quantitative estimate of drug-likeness (QED) is 0.660. The second-order valence-corrected chi connectivity index (χ2v) is 7.26. The van der Waals surface area contributed by atoms with Gasteiger partial charge in [-0.25, -0.2) is 9.48 Å². The van der Waals surface area contributed by atoms with Crippen LogP contribution in [0.2, 0.25) is 0 Å². The van der Waals surface area contributed by atoms with Gasteiger partial charge in [0.2, 0.25) is 0 Å². The van der Waals surface area contributed by atoms with E-state index >= 15 is 0 Å². The molecule has 2 aromatic heterocycles. The van der Waals surface area contributed by atoms with Gasteiger partial charge in [-0.1, -0.05) is 37.3 Å². The third-order valence-corrected chi connectivity index (χ3v) is 5.46. The van der Waals surface area contributed by atoms with Crippen LogP contribution in [-0.4, -0.2) is 50.4 Å². The van der Waals surface area contributed by atoms with Crippen molar-refractivity contribution in [3.8, 4) is 11.1 Å². The minimum Gasteiger partial charge on any atom is -0.478 e. The Morgan fingerprint density at radius 3 is 2.83 bits per heavy atom. The summed E-state index contributed by atoms with van der Waals surface area (Å²) < 4.78 is 2.02. The Balaban J connectivity index is 1.77. The molecule has 3 aromatic rings. The zero-order chi connectivity index (χ0) is 20.2. The molecule has 1 aromatic carbocycles. The molecular weight excluding hydrogens is 366 g/mol. The van der Waals surface area contributed by atoms with Crippen LogP contribution >= 0.6 is 0 Å². The Labute approximate surface area is 170 Å². The van der Waals surface area contributed by atoms with E-state index in [9.17, 15) is 9.90 Å². The number of nitrogens with zero attached hydrogens (tertiary/aromatic N) is 4. The predicted molar refractivity (Wildman–Crippen MR) is 113 cm³/mol. The fourth-order valence-electron chi connectivity index (χ4n) is 3.92. The fourth-order valence-corrected chi connectivity index (χ4v) is 3.92. The molecule has 0 amide bonds. The minimum atomic E-state index is -0.989. The van der Waals surface area contributed by atoms with E-state index in [0.29, 0.717) is 5.69 Å². The highest BCUT2D eigenvalue weighted by atomic mass is 16.4. The molecule has 0 spiro atoms. The van der Waals surface area contributed by atoms with E-state index in [1.54, 1.807) is 6.20 Å². The Morgan fingerprint density at radius 1 is 1.24 bits per heavy atom. The molecule has 0 radical (unpaired) electrons. The van der Waals surface area contributed by atoms with Crippen molar-refractivity contribution in [2.24, 2.45) is 0 Å². The molecular formula is C22H25N5O2. The summed E-state index contributed by atoms with van der Waals surface area (Å²) in [6.07, 6.45) is 7.06. The second kappa shape index (κ2) is 8.45. The maximum Gasteiger partial charge on any atom is 0.337 e. The molecule has 0 bridgehead atoms. The summed E-state index contributed by atoms with van der Waals surface area (Å²) in [6, 6.07) is 11.8. The van der Waals surface area contributed by atoms with Gasteiger partial charge < -0.3 is 15.3 Å². The van der Waals surface area contributed by atoms with Crippen LogP contribution < -0.4 is 5.32 Å². The number of carboxylic acid groups (broad SMARTS) is 1. The molecule has 1 aliphatic heterocycles. The van der Waals surface area contributed by atoms with Crippen molar-refractivity contribution >= 4 is 17.5 Å². The molecule has 3 heterocycles. The SMILES string of the molecule is CCN1CCCC(n2ncc(-c3ccccc3)c2Nc2cnccc2C(=O)O)C1. The first kappa shape index (κ1) is 19.1. The molecule has 0 saturated carbocycles. The summed E-state index contributed by atoms with van der Waals surface area (Å²) in [5, 5.41) is 17.6. The number of pyridine rings is 1. The third kappa shape index (κ3) is 4.00. The van der Waals surface area contributed by atoms with Crippen molar-refractivity contribution in [2.45, 2.75) is 25.8 Å². The number of piperidine rings is 1. The zero-order valence-corrected chi connectivity index (χ0v) is 16.5. The van der Waals surface area contributed by atoms with Crippen molar-refractivity contribution in [2.75, 3.05) is 25.0 Å². The largest absolute Gasteiger partial charge is 0.478 e. The summed E-state index contributed by atoms with van der Waals surface area (Å²) >= 11 is 0. The van der Waals surface area contributed by atoms with E-state index in [0.717, 1.165) is 49.4 Å². The highest BCUT2D eigenvalue weighted by molar-refractivity contribution is 5.95. The number of nitrogens with one attached hydrogen (secondary N) is 1. The number of aromatic nitrogens is 3. The standard InChI is InChI=1S/C22H25N5O2/c1-2-26-12-6-9-17(15-26)27-21(19(13-24-27)16-7-4-3-5-8-16)25-20-14-23-11-10-18(20)22(28)29/h3-5,7-8,10-11,13-14,17,25H,2,6,9,12,15H2,1H3,(H,28,29). The number of hydrogen-bond acceptors (Lipinski definition) is 5. The molecule has 1 unspecified atom stereocenters. The van der Waals surface area contributed by atoms with Crippen LogP contribution in [0, 0.1) is 0 Å². The van der Waals surface area contributed by atoms with Crippen molar-refractivity contribution in [1.82, 2.24) is 19.7 Å². The van der Waals surface area contributed by atoms with Gasteiger partial charge in [0.25, 0.3) is 0 Å². The molecule has 4 rings (SSSR count). The highest BCUT2D eigenvalue weighted by Crippen LogP contribution is 2.35. The Bertz CT molecular complexity index is 986. The van der Waals surface area contributed by atoms with Gasteiger partial charge in [0.05, 0.1) is 29.7 Å². The van der Waals surface area contributed by atoms with Gasteiger partial charge in [0.15, 0.2) is 0 Å². The van der Waals surface area contributed by atoms with Gasteiger partial charge >= 0.3 is 5.97 Å². The van der Waals surface area contributed by atoms with Gasteiger partial charge in [-0.05, 0) is 37.6 Å². The summed E-state index contributed by atoms with van der Waals surface area (Å²) in [5.74, 6) is -0.188. The molecule has 29 heavy (non-hydrogen) atoms. The van der Waals surface area contributed by atoms with Crippen LogP contribution in [0.4, 0.5) is 11.5 Å². The van der Waals surface area contributed by atoms with Gasteiger partial charge in [-0.15, -0.1) is 0 Å². The Morgan fingerprint density at radius 2 is 2.07 bits per heavy atom. The number of likely N-dealkylation sites (N-methyl/N-ethyl adjacent to an activating group) is 1. The number of carbonyl (C=O) groups is 1. The molecule has 150 valence electrons. The van der Waals surface area contributed by atoms with Crippen molar-refractivity contribution in [1.29, 1.82) is 0 Å². The fraction of sp³-hybridized carbons (Fsp3) is 0.318. The minimum absolute atomic E-state index is 0.186. The summed E-state index contributed by atoms with van der Waals surface area (Å²) in [5.41, 5.74) is 2.62. The molecule has 1 aliphatic rings. The average molecular weight is 391 g/mol. The topological polar surface area (TPSA) is 83.3 Å². The Kier molecular flexibility index (Phi) is 5.57. The maximum absolute atomic E-state index is 11.7. The van der Waals surface area contributed by atoms with Crippen LogP contribution in [0.5, 0.6) is 0 Å². The lowest BCUT2D eigenvalue weighted by molar-refractivity contribution is 0.0698. The monoisotopic (exact) mass is 391 g/mol. The molecule has 1 saturated heterocycles. The van der Waals surface area contributed by atoms with Gasteiger partial charge in [-0.3, -0.25) is 4.98 Å². The number of anilines is 2. The second-order valence-electron chi connectivity index (χ2n) is 7.26. The normalized spacial score (nSPS) is 17.2. The molecule has 0 aliphatic carbocycles. The first-order valence-electron chi connectivity index (χ1n) is 9.97. The van der Waals surface area contributed by atoms with Crippen LogP contribution in [0.1, 0.15) is 36.2 Å². The Hall–Kier alpha value is -3.19. The number of benzene rings is 1. The number of aromatic carboxylic acids is 1. The average Bonchev–Trinajstić information content (AvgIpc) is 3.18. The number of hydrogen-bond donors (Lipinski definition) is 2. The van der Waals surface area contributed by atoms with E-state index < -0.39 is 5.97 Å². The molecule has 7 nitrogen and oxygen atoms in total. The van der Waals surface area contributed by atoms with Crippen LogP contribution in [-0.2, 0) is 0 Å². The van der Waals surface area contributed by atoms with Gasteiger partial charge in [0, 0.05) is 18.3 Å². The van der Waals surface area contributed by atoms with Gasteiger partial charge in [-0.2, -0.15) is 5.10 Å². The van der Waals surface area contributed by atoms with Crippen molar-refractivity contribution in [3.63, 3.8) is 0 Å². The molecule has 2 N–H and O–H groups in total. The van der Waals surface area contributed by atoms with Crippen LogP contribution in [0.15, 0.2) is 55.0 Å². The summed E-state index contributed by atoms with van der Waals surface area (Å²) in [7, 11) is 0. The molecule has 1 fully saturated rings. The smallest absolute Gasteiger partial charge is 0.337 e. The third-order valence-electron chi connectivity index (χ3n) is 5.46. The first-order chi connectivity index (χ1) is 14.2. The van der Waals surface area contributed by atoms with E-state index in [1.807, 2.05) is 41.2 Å². The van der Waals surface area contributed by atoms with Crippen LogP contribution in [0.25, 0.3) is 11.1 Å². The van der Waals surface area contributed by atoms with Crippen LogP contribution in [0.3, 0.4) is 0 Å². The van der Waals surface area contributed by atoms with Gasteiger partial charge in [0.1, 0.15) is 5.82 Å². The molecule has 7 heteroatoms. The maximum atomic E-state index is 11.7. The zero-order valence-electron chi connectivity index (χ0n) is 16.5. The first-order valence-corrected chi connectivity index (χ1v) is 9.97. The number of rotatable bonds is 6. The van der Waals surface area contributed by atoms with E-state index in [4.69, 9.17) is 5.10 Å². The number of likely N-dealkylation sites (tertiary alicyclic amines) is 1. The van der Waals surface area contributed by atoms with Crippen molar-refractivity contribution < 1.29 is 9.90 Å². The lowest BCUT2D eigenvalue weighted by Crippen LogP contribution is -2.36. The van der Waals surface area contributed by atoms with E-state index in [1.165, 1.54) is 12.3 Å². The summed E-state index contributed by atoms with van der Waals surface area (Å²) in [6.45, 7) is 5.22. The summed E-state index contributed by atoms with van der Waals surface area (Å²) in [4.78, 5) is 18.2. The lowest BCUT2D eigenvalue weighted by atomic mass is 10.1. The number of carboxylic acids is 1.